The average Bonchev–Trinajstić information content (AvgIpc) is 1.98. The summed E-state index contributed by atoms with van der Waals surface area (Å²) in [4.78, 5) is 0. The summed E-state index contributed by atoms with van der Waals surface area (Å²) in [5, 5.41) is -13.5. The predicted molar refractivity (Wildman–Crippen MR) is 39.3 cm³/mol. The maximum absolute atomic E-state index is 12.4. The Morgan fingerprint density at radius 1 is 0.833 bits per heavy atom. The Morgan fingerprint density at radius 3 is 1.28 bits per heavy atom. The van der Waals surface area contributed by atoms with Gasteiger partial charge >= 0.3 is 83.7 Å². The van der Waals surface area contributed by atoms with Crippen LogP contribution in [0.15, 0.2) is 0 Å². The van der Waals surface area contributed by atoms with E-state index in [1.165, 1.54) is 0 Å². The van der Waals surface area contributed by atoms with Crippen molar-refractivity contribution in [3.8, 4) is 0 Å². The monoisotopic (exact) mass is 414 g/mol. The van der Waals surface area contributed by atoms with E-state index in [4.69, 9.17) is 0 Å². The molecule has 0 N–H and O–H groups in total. The molecule has 15 heteroatoms. The van der Waals surface area contributed by atoms with Gasteiger partial charge in [-0.1, -0.05) is 0 Å². The average molecular weight is 415 g/mol. The Labute approximate surface area is 150 Å². The second-order valence-electron chi connectivity index (χ2n) is 2.50. The summed E-state index contributed by atoms with van der Waals surface area (Å²) < 4.78 is 123. The molecular formula is C3ClF6O5RbS2. The van der Waals surface area contributed by atoms with Crippen molar-refractivity contribution in [2.75, 3.05) is 0 Å². The summed E-state index contributed by atoms with van der Waals surface area (Å²) in [6, 6.07) is 0. The molecule has 0 atom stereocenters. The Bertz CT molecular complexity index is 467. The van der Waals surface area contributed by atoms with Gasteiger partial charge in [-0.2, -0.15) is 26.3 Å². The van der Waals surface area contributed by atoms with Crippen LogP contribution in [0.4, 0.5) is 26.3 Å². The molecule has 0 fully saturated rings. The molecule has 18 heavy (non-hydrogen) atoms. The zero-order chi connectivity index (χ0) is 14.5. The molecule has 0 aliphatic rings. The van der Waals surface area contributed by atoms with Crippen LogP contribution in [-0.2, 0) is 19.2 Å². The van der Waals surface area contributed by atoms with Crippen molar-refractivity contribution < 1.29 is 106 Å². The standard InChI is InChI=1S/C3HClF6O5S2.Rb/c4-16(11,12)2(7,8)1(5,6)3(9,10)17(13,14)15;/h(H,13,14,15);/q;+1/p-1. The van der Waals surface area contributed by atoms with Crippen LogP contribution in [-0.4, -0.2) is 37.8 Å². The predicted octanol–water partition coefficient (Wildman–Crippen LogP) is -2.07. The first kappa shape index (κ1) is 21.8. The van der Waals surface area contributed by atoms with Gasteiger partial charge in [0.05, 0.1) is 0 Å². The van der Waals surface area contributed by atoms with Crippen molar-refractivity contribution in [2.24, 2.45) is 0 Å². The minimum Gasteiger partial charge on any atom is -0.743 e. The van der Waals surface area contributed by atoms with Crippen molar-refractivity contribution in [2.45, 2.75) is 16.4 Å². The fourth-order valence-electron chi connectivity index (χ4n) is 0.480. The van der Waals surface area contributed by atoms with Crippen LogP contribution in [0.25, 0.3) is 0 Å². The Hall–Kier alpha value is 1.54. The fraction of sp³-hybridized carbons (Fsp3) is 1.00. The number of rotatable bonds is 4. The first-order valence-electron chi connectivity index (χ1n) is 3.03. The second kappa shape index (κ2) is 5.73. The summed E-state index contributed by atoms with van der Waals surface area (Å²) in [5.74, 6) is -7.03. The van der Waals surface area contributed by atoms with E-state index in [0.717, 1.165) is 0 Å². The zero-order valence-corrected chi connectivity index (χ0v) is 15.3. The number of hydrogen-bond donors (Lipinski definition) is 0. The molecule has 0 bridgehead atoms. The minimum atomic E-state index is -7.24. The van der Waals surface area contributed by atoms with Crippen molar-refractivity contribution in [3.05, 3.63) is 0 Å². The summed E-state index contributed by atoms with van der Waals surface area (Å²) >= 11 is 0. The van der Waals surface area contributed by atoms with Gasteiger partial charge in [0.2, 0.25) is 0 Å². The van der Waals surface area contributed by atoms with Gasteiger partial charge in [0.15, 0.2) is 10.1 Å². The van der Waals surface area contributed by atoms with Crippen LogP contribution in [0.2, 0.25) is 0 Å². The van der Waals surface area contributed by atoms with Gasteiger partial charge in [0.1, 0.15) is 0 Å². The van der Waals surface area contributed by atoms with Gasteiger partial charge in [-0.3, -0.25) is 0 Å². The molecule has 0 amide bonds. The van der Waals surface area contributed by atoms with E-state index in [1.807, 2.05) is 0 Å². The first-order chi connectivity index (χ1) is 7.00. The van der Waals surface area contributed by atoms with E-state index in [1.54, 1.807) is 0 Å². The molecule has 0 radical (unpaired) electrons. The van der Waals surface area contributed by atoms with Crippen molar-refractivity contribution >= 4 is 29.9 Å². The molecule has 0 saturated heterocycles. The maximum atomic E-state index is 12.4. The van der Waals surface area contributed by atoms with Crippen molar-refractivity contribution in [3.63, 3.8) is 0 Å². The van der Waals surface area contributed by atoms with E-state index >= 15 is 0 Å². The minimum absolute atomic E-state index is 0. The van der Waals surface area contributed by atoms with E-state index in [0.29, 0.717) is 0 Å². The number of alkyl halides is 6. The maximum Gasteiger partial charge on any atom is 1.00 e. The molecule has 0 spiro atoms. The van der Waals surface area contributed by atoms with E-state index in [-0.39, 0.29) is 58.2 Å². The molecule has 0 aliphatic carbocycles. The second-order valence-corrected chi connectivity index (χ2v) is 6.53. The van der Waals surface area contributed by atoms with Crippen LogP contribution < -0.4 is 58.2 Å². The third-order valence-corrected chi connectivity index (χ3v) is 3.69. The Balaban J connectivity index is 0. The fourth-order valence-corrected chi connectivity index (χ4v) is 1.71. The van der Waals surface area contributed by atoms with Crippen molar-refractivity contribution in [1.82, 2.24) is 0 Å². The van der Waals surface area contributed by atoms with Crippen LogP contribution in [0.1, 0.15) is 0 Å². The molecule has 104 valence electrons. The molecule has 0 aromatic heterocycles. The van der Waals surface area contributed by atoms with E-state index < -0.39 is 35.6 Å². The Morgan fingerprint density at radius 2 is 1.11 bits per heavy atom. The van der Waals surface area contributed by atoms with Gasteiger partial charge in [-0.05, 0) is 0 Å². The van der Waals surface area contributed by atoms with Crippen LogP contribution >= 0.6 is 10.7 Å². The van der Waals surface area contributed by atoms with Gasteiger partial charge < -0.3 is 4.55 Å². The normalized spacial score (nSPS) is 15.1. The third kappa shape index (κ3) is 3.40. The van der Waals surface area contributed by atoms with Crippen LogP contribution in [0.3, 0.4) is 0 Å². The summed E-state index contributed by atoms with van der Waals surface area (Å²) in [6.07, 6.45) is 0. The van der Waals surface area contributed by atoms with Gasteiger partial charge in [0, 0.05) is 10.7 Å². The molecular weight excluding hydrogens is 415 g/mol. The topological polar surface area (TPSA) is 91.3 Å². The molecule has 0 aromatic carbocycles. The molecule has 0 saturated carbocycles. The SMILES string of the molecule is O=S(=O)([O-])C(F)(F)C(F)(F)C(F)(F)S(=O)(=O)Cl.[Rb+]. The van der Waals surface area contributed by atoms with E-state index in [2.05, 4.69) is 10.7 Å². The molecule has 5 nitrogen and oxygen atoms in total. The first-order valence-corrected chi connectivity index (χ1v) is 6.75. The summed E-state index contributed by atoms with van der Waals surface area (Å²) in [6.45, 7) is 0. The summed E-state index contributed by atoms with van der Waals surface area (Å²) in [7, 11) is -10.1. The van der Waals surface area contributed by atoms with Crippen molar-refractivity contribution in [1.29, 1.82) is 0 Å². The Kier molecular flexibility index (Phi) is 6.95. The summed E-state index contributed by atoms with van der Waals surface area (Å²) in [5.41, 5.74) is 0. The smallest absolute Gasteiger partial charge is 0.743 e. The van der Waals surface area contributed by atoms with Gasteiger partial charge in [-0.25, -0.2) is 16.8 Å². The largest absolute Gasteiger partial charge is 1.00 e. The molecule has 0 aliphatic heterocycles. The zero-order valence-electron chi connectivity index (χ0n) is 8.00. The number of halogens is 7. The van der Waals surface area contributed by atoms with Gasteiger partial charge in [-0.15, -0.1) is 0 Å². The van der Waals surface area contributed by atoms with Crippen LogP contribution in [0, 0.1) is 0 Å². The quantitative estimate of drug-likeness (QED) is 0.299. The molecule has 0 aromatic rings. The third-order valence-electron chi connectivity index (χ3n) is 1.35. The van der Waals surface area contributed by atoms with Crippen LogP contribution in [0.5, 0.6) is 0 Å². The molecule has 0 rings (SSSR count). The number of hydrogen-bond acceptors (Lipinski definition) is 5. The van der Waals surface area contributed by atoms with Gasteiger partial charge in [0.25, 0.3) is 0 Å². The molecule has 0 heterocycles. The van der Waals surface area contributed by atoms with E-state index in [9.17, 15) is 47.7 Å². The molecule has 0 unspecified atom stereocenters.